The predicted octanol–water partition coefficient (Wildman–Crippen LogP) is 2.62. The van der Waals surface area contributed by atoms with Crippen LogP contribution in [0.5, 0.6) is 0 Å². The topological polar surface area (TPSA) is 81.7 Å². The largest absolute Gasteiger partial charge is 0.463 e. The van der Waals surface area contributed by atoms with Crippen LogP contribution in [0.3, 0.4) is 0 Å². The van der Waals surface area contributed by atoms with E-state index in [2.05, 4.69) is 6.92 Å². The van der Waals surface area contributed by atoms with Gasteiger partial charge in [0.25, 0.3) is 0 Å². The summed E-state index contributed by atoms with van der Waals surface area (Å²) in [5.74, 6) is -0.150. The third kappa shape index (κ3) is 25.2. The van der Waals surface area contributed by atoms with E-state index in [1.165, 1.54) is 0 Å². The molecular formula is C21H42O8. The van der Waals surface area contributed by atoms with Crippen LogP contribution >= 0.6 is 0 Å². The second kappa shape index (κ2) is 23.5. The Labute approximate surface area is 176 Å². The number of hydrogen-bond donors (Lipinski definition) is 0. The molecule has 0 fully saturated rings. The normalized spacial score (nSPS) is 11.3. The second-order valence-corrected chi connectivity index (χ2v) is 6.66. The van der Waals surface area contributed by atoms with Crippen molar-refractivity contribution >= 4 is 5.97 Å². The summed E-state index contributed by atoms with van der Waals surface area (Å²) in [6, 6.07) is 0. The highest BCUT2D eigenvalue weighted by atomic mass is 16.6. The molecule has 8 nitrogen and oxygen atoms in total. The molecule has 0 N–H and O–H groups in total. The van der Waals surface area contributed by atoms with Gasteiger partial charge < -0.3 is 33.2 Å². The monoisotopic (exact) mass is 422 g/mol. The van der Waals surface area contributed by atoms with E-state index in [0.29, 0.717) is 85.7 Å². The van der Waals surface area contributed by atoms with Gasteiger partial charge in [-0.3, -0.25) is 4.79 Å². The summed E-state index contributed by atoms with van der Waals surface area (Å²) in [4.78, 5) is 11.4. The maximum absolute atomic E-state index is 11.4. The molecule has 29 heavy (non-hydrogen) atoms. The zero-order chi connectivity index (χ0) is 21.4. The van der Waals surface area contributed by atoms with Gasteiger partial charge in [0.1, 0.15) is 6.61 Å². The van der Waals surface area contributed by atoms with Crippen molar-refractivity contribution in [3.05, 3.63) is 0 Å². The molecule has 0 rings (SSSR count). The highest BCUT2D eigenvalue weighted by molar-refractivity contribution is 5.69. The SMILES string of the molecule is CCCCCC(=O)OCCOCCOCCOCCOCCOCCOC(C)C. The molecule has 0 atom stereocenters. The molecule has 0 aromatic carbocycles. The predicted molar refractivity (Wildman–Crippen MR) is 110 cm³/mol. The fourth-order valence-corrected chi connectivity index (χ4v) is 2.13. The van der Waals surface area contributed by atoms with Crippen molar-refractivity contribution in [3.63, 3.8) is 0 Å². The smallest absolute Gasteiger partial charge is 0.305 e. The van der Waals surface area contributed by atoms with Gasteiger partial charge in [0, 0.05) is 6.42 Å². The van der Waals surface area contributed by atoms with Gasteiger partial charge in [-0.1, -0.05) is 19.8 Å². The van der Waals surface area contributed by atoms with Crippen molar-refractivity contribution in [1.82, 2.24) is 0 Å². The molecule has 8 heteroatoms. The lowest BCUT2D eigenvalue weighted by atomic mass is 10.2. The summed E-state index contributed by atoms with van der Waals surface area (Å²) in [6.07, 6.45) is 3.77. The summed E-state index contributed by atoms with van der Waals surface area (Å²) in [7, 11) is 0. The number of esters is 1. The maximum atomic E-state index is 11.4. The lowest BCUT2D eigenvalue weighted by Gasteiger charge is -2.09. The fourth-order valence-electron chi connectivity index (χ4n) is 2.13. The summed E-state index contributed by atoms with van der Waals surface area (Å²) < 4.78 is 37.4. The molecule has 174 valence electrons. The van der Waals surface area contributed by atoms with Crippen molar-refractivity contribution in [2.75, 3.05) is 79.3 Å². The Morgan fingerprint density at radius 3 is 1.45 bits per heavy atom. The van der Waals surface area contributed by atoms with Gasteiger partial charge in [-0.2, -0.15) is 0 Å². The number of ether oxygens (including phenoxy) is 7. The van der Waals surface area contributed by atoms with Gasteiger partial charge in [0.15, 0.2) is 0 Å². The molecule has 0 aromatic rings. The summed E-state index contributed by atoms with van der Waals surface area (Å²) in [5.41, 5.74) is 0. The van der Waals surface area contributed by atoms with Crippen LogP contribution < -0.4 is 0 Å². The molecule has 0 unspecified atom stereocenters. The van der Waals surface area contributed by atoms with E-state index < -0.39 is 0 Å². The molecule has 0 aliphatic carbocycles. The minimum absolute atomic E-state index is 0.150. The van der Waals surface area contributed by atoms with Gasteiger partial charge in [-0.15, -0.1) is 0 Å². The van der Waals surface area contributed by atoms with Crippen LogP contribution in [0.25, 0.3) is 0 Å². The average molecular weight is 423 g/mol. The first kappa shape index (κ1) is 28.2. The Morgan fingerprint density at radius 1 is 0.621 bits per heavy atom. The van der Waals surface area contributed by atoms with Crippen LogP contribution in [0.4, 0.5) is 0 Å². The number of rotatable bonds is 23. The fraction of sp³-hybridized carbons (Fsp3) is 0.952. The third-order valence-electron chi connectivity index (χ3n) is 3.64. The number of carbonyl (C=O) groups is 1. The number of unbranched alkanes of at least 4 members (excludes halogenated alkanes) is 2. The van der Waals surface area contributed by atoms with Crippen molar-refractivity contribution in [2.45, 2.75) is 52.6 Å². The van der Waals surface area contributed by atoms with Crippen LogP contribution in [0.15, 0.2) is 0 Å². The molecule has 0 aromatic heterocycles. The van der Waals surface area contributed by atoms with Crippen LogP contribution in [-0.2, 0) is 38.0 Å². The first-order valence-corrected chi connectivity index (χ1v) is 10.8. The van der Waals surface area contributed by atoms with Crippen LogP contribution in [-0.4, -0.2) is 91.4 Å². The minimum Gasteiger partial charge on any atom is -0.463 e. The van der Waals surface area contributed by atoms with Gasteiger partial charge in [-0.25, -0.2) is 0 Å². The molecule has 0 amide bonds. The number of hydrogen-bond acceptors (Lipinski definition) is 8. The lowest BCUT2D eigenvalue weighted by molar-refractivity contribution is -0.145. The molecule has 0 saturated carbocycles. The van der Waals surface area contributed by atoms with E-state index in [1.54, 1.807) is 0 Å². The van der Waals surface area contributed by atoms with E-state index in [-0.39, 0.29) is 12.1 Å². The zero-order valence-corrected chi connectivity index (χ0v) is 18.7. The van der Waals surface area contributed by atoms with Gasteiger partial charge in [0.05, 0.1) is 78.8 Å². The van der Waals surface area contributed by atoms with Crippen molar-refractivity contribution in [1.29, 1.82) is 0 Å². The summed E-state index contributed by atoms with van der Waals surface area (Å²) >= 11 is 0. The Balaban J connectivity index is 3.07. The molecule has 0 saturated heterocycles. The molecule has 0 heterocycles. The highest BCUT2D eigenvalue weighted by Gasteiger charge is 2.01. The molecule has 0 radical (unpaired) electrons. The van der Waals surface area contributed by atoms with E-state index in [0.717, 1.165) is 19.3 Å². The second-order valence-electron chi connectivity index (χ2n) is 6.66. The zero-order valence-electron chi connectivity index (χ0n) is 18.7. The quantitative estimate of drug-likeness (QED) is 0.184. The average Bonchev–Trinajstić information content (AvgIpc) is 2.69. The van der Waals surface area contributed by atoms with Gasteiger partial charge in [-0.05, 0) is 20.3 Å². The van der Waals surface area contributed by atoms with E-state index in [9.17, 15) is 4.79 Å². The Kier molecular flexibility index (Phi) is 22.9. The van der Waals surface area contributed by atoms with Crippen molar-refractivity contribution in [3.8, 4) is 0 Å². The third-order valence-corrected chi connectivity index (χ3v) is 3.64. The lowest BCUT2D eigenvalue weighted by Crippen LogP contribution is -2.15. The van der Waals surface area contributed by atoms with Crippen LogP contribution in [0, 0.1) is 0 Å². The van der Waals surface area contributed by atoms with E-state index in [4.69, 9.17) is 33.2 Å². The van der Waals surface area contributed by atoms with Gasteiger partial charge >= 0.3 is 5.97 Å². The molecule has 0 aliphatic rings. The summed E-state index contributed by atoms with van der Waals surface area (Å²) in [6.45, 7) is 12.1. The van der Waals surface area contributed by atoms with Crippen molar-refractivity contribution < 1.29 is 38.0 Å². The van der Waals surface area contributed by atoms with Gasteiger partial charge in [0.2, 0.25) is 0 Å². The minimum atomic E-state index is -0.150. The molecule has 0 bridgehead atoms. The van der Waals surface area contributed by atoms with E-state index in [1.807, 2.05) is 13.8 Å². The van der Waals surface area contributed by atoms with Crippen molar-refractivity contribution in [2.24, 2.45) is 0 Å². The first-order chi connectivity index (χ1) is 14.2. The molecule has 0 spiro atoms. The Bertz CT molecular complexity index is 339. The Hall–Kier alpha value is -0.770. The molecule has 0 aliphatic heterocycles. The summed E-state index contributed by atoms with van der Waals surface area (Å²) in [5, 5.41) is 0. The first-order valence-electron chi connectivity index (χ1n) is 10.8. The Morgan fingerprint density at radius 2 is 1.03 bits per heavy atom. The van der Waals surface area contributed by atoms with Crippen LogP contribution in [0.2, 0.25) is 0 Å². The van der Waals surface area contributed by atoms with E-state index >= 15 is 0 Å². The standard InChI is InChI=1S/C21H42O8/c1-4-5-6-7-21(22)29-19-17-27-15-13-25-11-9-23-8-10-24-12-14-26-16-18-28-20(2)3/h20H,4-19H2,1-3H3. The maximum Gasteiger partial charge on any atom is 0.305 e. The number of carbonyl (C=O) groups excluding carboxylic acids is 1. The van der Waals surface area contributed by atoms with Crippen LogP contribution in [0.1, 0.15) is 46.5 Å². The highest BCUT2D eigenvalue weighted by Crippen LogP contribution is 2.00. The molecular weight excluding hydrogens is 380 g/mol.